The van der Waals surface area contributed by atoms with Crippen LogP contribution in [0.25, 0.3) is 16.3 Å². The van der Waals surface area contributed by atoms with Crippen molar-refractivity contribution < 1.29 is 0 Å². The fraction of sp³-hybridized carbons (Fsp3) is 0.0714. The zero-order valence-corrected chi connectivity index (χ0v) is 13.5. The molecule has 2 nitrogen and oxygen atoms in total. The van der Waals surface area contributed by atoms with E-state index in [-0.39, 0.29) is 0 Å². The zero-order chi connectivity index (χ0) is 14.3. The maximum Gasteiger partial charge on any atom is 0.0935 e. The summed E-state index contributed by atoms with van der Waals surface area (Å²) in [6.07, 6.45) is 1.81. The van der Waals surface area contributed by atoms with Gasteiger partial charge in [-0.3, -0.25) is 0 Å². The smallest absolute Gasteiger partial charge is 0.0935 e. The average molecular weight is 344 g/mol. The van der Waals surface area contributed by atoms with Gasteiger partial charge in [0.05, 0.1) is 31.8 Å². The van der Waals surface area contributed by atoms with Crippen molar-refractivity contribution in [3.05, 3.63) is 56.5 Å². The standard InChI is InChI=1S/C14H9Cl3N2S/c1-8-7-18-19(11-3-2-9(15)6-10(11)16)14(8)12-4-5-13(17)20-12/h2-7H,1H3. The Morgan fingerprint density at radius 2 is 1.90 bits per heavy atom. The molecule has 0 unspecified atom stereocenters. The summed E-state index contributed by atoms with van der Waals surface area (Å²) in [5.41, 5.74) is 2.85. The molecule has 1 aromatic carbocycles. The third kappa shape index (κ3) is 2.47. The molecule has 0 spiro atoms. The lowest BCUT2D eigenvalue weighted by Crippen LogP contribution is -1.99. The molecule has 0 saturated carbocycles. The molecular weight excluding hydrogens is 335 g/mol. The van der Waals surface area contributed by atoms with Crippen molar-refractivity contribution in [2.45, 2.75) is 6.92 Å². The highest BCUT2D eigenvalue weighted by atomic mass is 35.5. The molecule has 2 heterocycles. The van der Waals surface area contributed by atoms with Crippen LogP contribution >= 0.6 is 46.1 Å². The van der Waals surface area contributed by atoms with Crippen LogP contribution in [0, 0.1) is 6.92 Å². The summed E-state index contributed by atoms with van der Waals surface area (Å²) in [6, 6.07) is 9.22. The Balaban J connectivity index is 2.20. The molecule has 0 amide bonds. The Kier molecular flexibility index (Phi) is 3.78. The Morgan fingerprint density at radius 3 is 2.55 bits per heavy atom. The first-order chi connectivity index (χ1) is 9.56. The van der Waals surface area contributed by atoms with Gasteiger partial charge < -0.3 is 0 Å². The Morgan fingerprint density at radius 1 is 1.10 bits per heavy atom. The van der Waals surface area contributed by atoms with Gasteiger partial charge in [-0.1, -0.05) is 34.8 Å². The van der Waals surface area contributed by atoms with Crippen LogP contribution in [0.1, 0.15) is 5.56 Å². The molecule has 0 fully saturated rings. The van der Waals surface area contributed by atoms with Crippen molar-refractivity contribution in [3.63, 3.8) is 0 Å². The van der Waals surface area contributed by atoms with Crippen LogP contribution in [0.4, 0.5) is 0 Å². The third-order valence-electron chi connectivity index (χ3n) is 2.90. The maximum atomic E-state index is 6.27. The van der Waals surface area contributed by atoms with Crippen LogP contribution < -0.4 is 0 Å². The second-order valence-corrected chi connectivity index (χ2v) is 6.85. The molecule has 0 aliphatic heterocycles. The summed E-state index contributed by atoms with van der Waals surface area (Å²) in [5, 5.41) is 5.57. The van der Waals surface area contributed by atoms with Gasteiger partial charge in [-0.2, -0.15) is 5.10 Å². The van der Waals surface area contributed by atoms with Crippen molar-refractivity contribution >= 4 is 46.1 Å². The molecule has 3 rings (SSSR count). The lowest BCUT2D eigenvalue weighted by atomic mass is 10.2. The van der Waals surface area contributed by atoms with Crippen LogP contribution in [-0.2, 0) is 0 Å². The molecule has 0 bridgehead atoms. The van der Waals surface area contributed by atoms with E-state index in [4.69, 9.17) is 34.8 Å². The van der Waals surface area contributed by atoms with Crippen molar-refractivity contribution in [1.82, 2.24) is 9.78 Å². The number of thiophene rings is 1. The quantitative estimate of drug-likeness (QED) is 0.569. The molecule has 0 saturated heterocycles. The second-order valence-electron chi connectivity index (χ2n) is 4.29. The number of rotatable bonds is 2. The van der Waals surface area contributed by atoms with Crippen molar-refractivity contribution in [2.24, 2.45) is 0 Å². The molecule has 2 aromatic heterocycles. The second kappa shape index (κ2) is 5.41. The predicted octanol–water partition coefficient (Wildman–Crippen LogP) is 5.87. The van der Waals surface area contributed by atoms with Gasteiger partial charge in [-0.15, -0.1) is 11.3 Å². The lowest BCUT2D eigenvalue weighted by Gasteiger charge is -2.09. The SMILES string of the molecule is Cc1cnn(-c2ccc(Cl)cc2Cl)c1-c1ccc(Cl)s1. The fourth-order valence-electron chi connectivity index (χ4n) is 2.01. The number of aryl methyl sites for hydroxylation is 1. The van der Waals surface area contributed by atoms with E-state index >= 15 is 0 Å². The number of aromatic nitrogens is 2. The van der Waals surface area contributed by atoms with Crippen LogP contribution in [0.5, 0.6) is 0 Å². The van der Waals surface area contributed by atoms with E-state index in [0.717, 1.165) is 26.2 Å². The first-order valence-corrected chi connectivity index (χ1v) is 7.77. The van der Waals surface area contributed by atoms with E-state index in [0.29, 0.717) is 10.0 Å². The predicted molar refractivity (Wildman–Crippen MR) is 86.6 cm³/mol. The van der Waals surface area contributed by atoms with E-state index in [1.165, 1.54) is 11.3 Å². The fourth-order valence-corrected chi connectivity index (χ4v) is 3.63. The summed E-state index contributed by atoms with van der Waals surface area (Å²) in [7, 11) is 0. The molecule has 0 atom stereocenters. The topological polar surface area (TPSA) is 17.8 Å². The van der Waals surface area contributed by atoms with E-state index < -0.39 is 0 Å². The van der Waals surface area contributed by atoms with Gasteiger partial charge in [0.15, 0.2) is 0 Å². The highest BCUT2D eigenvalue weighted by Gasteiger charge is 2.15. The van der Waals surface area contributed by atoms with Crippen LogP contribution in [0.3, 0.4) is 0 Å². The van der Waals surface area contributed by atoms with Gasteiger partial charge >= 0.3 is 0 Å². The number of benzene rings is 1. The number of hydrogen-bond acceptors (Lipinski definition) is 2. The maximum absolute atomic E-state index is 6.27. The summed E-state index contributed by atoms with van der Waals surface area (Å²) in [4.78, 5) is 1.05. The van der Waals surface area contributed by atoms with E-state index in [1.807, 2.05) is 36.0 Å². The monoisotopic (exact) mass is 342 g/mol. The van der Waals surface area contributed by atoms with Crippen LogP contribution in [-0.4, -0.2) is 9.78 Å². The highest BCUT2D eigenvalue weighted by Crippen LogP contribution is 2.35. The lowest BCUT2D eigenvalue weighted by molar-refractivity contribution is 0.890. The van der Waals surface area contributed by atoms with E-state index in [9.17, 15) is 0 Å². The minimum absolute atomic E-state index is 0.560. The first-order valence-electron chi connectivity index (χ1n) is 5.82. The van der Waals surface area contributed by atoms with Gasteiger partial charge in [-0.25, -0.2) is 4.68 Å². The first kappa shape index (κ1) is 14.0. The van der Waals surface area contributed by atoms with Gasteiger partial charge in [-0.05, 0) is 42.8 Å². The van der Waals surface area contributed by atoms with Crippen molar-refractivity contribution in [3.8, 4) is 16.3 Å². The highest BCUT2D eigenvalue weighted by molar-refractivity contribution is 7.19. The van der Waals surface area contributed by atoms with E-state index in [1.54, 1.807) is 12.1 Å². The van der Waals surface area contributed by atoms with Gasteiger partial charge in [0, 0.05) is 5.02 Å². The van der Waals surface area contributed by atoms with Gasteiger partial charge in [0.1, 0.15) is 0 Å². The van der Waals surface area contributed by atoms with Gasteiger partial charge in [0.25, 0.3) is 0 Å². The Bertz CT molecular complexity index is 777. The number of halogens is 3. The van der Waals surface area contributed by atoms with Crippen molar-refractivity contribution in [1.29, 1.82) is 0 Å². The largest absolute Gasteiger partial charge is 0.230 e. The van der Waals surface area contributed by atoms with Crippen LogP contribution in [0.15, 0.2) is 36.5 Å². The molecule has 0 aliphatic rings. The minimum atomic E-state index is 0.560. The van der Waals surface area contributed by atoms with Gasteiger partial charge in [0.2, 0.25) is 0 Å². The molecular formula is C14H9Cl3N2S. The molecule has 0 N–H and O–H groups in total. The molecule has 6 heteroatoms. The van der Waals surface area contributed by atoms with E-state index in [2.05, 4.69) is 5.10 Å². The Hall–Kier alpha value is -1.000. The average Bonchev–Trinajstić information content (AvgIpc) is 2.96. The molecule has 102 valence electrons. The summed E-state index contributed by atoms with van der Waals surface area (Å²) in [6.45, 7) is 2.01. The number of hydrogen-bond donors (Lipinski definition) is 0. The van der Waals surface area contributed by atoms with Crippen LogP contribution in [0.2, 0.25) is 14.4 Å². The zero-order valence-electron chi connectivity index (χ0n) is 10.4. The molecule has 3 aromatic rings. The number of nitrogens with zero attached hydrogens (tertiary/aromatic N) is 2. The molecule has 20 heavy (non-hydrogen) atoms. The molecule has 0 aliphatic carbocycles. The summed E-state index contributed by atoms with van der Waals surface area (Å²) >= 11 is 19.7. The molecule has 0 radical (unpaired) electrons. The third-order valence-corrected chi connectivity index (χ3v) is 4.67. The normalized spacial score (nSPS) is 11.0. The summed E-state index contributed by atoms with van der Waals surface area (Å²) in [5.74, 6) is 0. The summed E-state index contributed by atoms with van der Waals surface area (Å²) < 4.78 is 2.56. The van der Waals surface area contributed by atoms with Crippen molar-refractivity contribution in [2.75, 3.05) is 0 Å². The minimum Gasteiger partial charge on any atom is -0.230 e. The Labute approximate surface area is 135 Å².